The van der Waals surface area contributed by atoms with E-state index < -0.39 is 9.05 Å². The minimum absolute atomic E-state index is 0.0102. The van der Waals surface area contributed by atoms with Crippen LogP contribution in [0.15, 0.2) is 21.6 Å². The Hall–Kier alpha value is -0.300. The highest BCUT2D eigenvalue weighted by Gasteiger charge is 2.17. The molecule has 0 amide bonds. The Bertz CT molecular complexity index is 638. The van der Waals surface area contributed by atoms with E-state index in [2.05, 4.69) is 25.9 Å². The Morgan fingerprint density at radius 1 is 1.47 bits per heavy atom. The van der Waals surface area contributed by atoms with Crippen LogP contribution in [0.25, 0.3) is 11.0 Å². The predicted molar refractivity (Wildman–Crippen MR) is 61.8 cm³/mol. The molecule has 0 aliphatic heterocycles. The Balaban J connectivity index is 2.87. The van der Waals surface area contributed by atoms with Crippen LogP contribution in [0.2, 0.25) is 5.15 Å². The average molecular weight is 330 g/mol. The van der Waals surface area contributed by atoms with Crippen molar-refractivity contribution >= 4 is 58.3 Å². The quantitative estimate of drug-likeness (QED) is 0.646. The number of rotatable bonds is 1. The van der Waals surface area contributed by atoms with E-state index in [4.69, 9.17) is 22.3 Å². The van der Waals surface area contributed by atoms with Crippen LogP contribution in [0.4, 0.5) is 0 Å². The van der Waals surface area contributed by atoms with Crippen LogP contribution in [0, 0.1) is 0 Å². The summed E-state index contributed by atoms with van der Waals surface area (Å²) in [6, 6.07) is 1.55. The third-order valence-electron chi connectivity index (χ3n) is 1.80. The molecule has 2 rings (SSSR count). The van der Waals surface area contributed by atoms with Crippen LogP contribution in [0.1, 0.15) is 0 Å². The van der Waals surface area contributed by atoms with E-state index in [1.54, 1.807) is 6.07 Å². The fourth-order valence-electron chi connectivity index (χ4n) is 1.18. The molecule has 1 N–H and O–H groups in total. The minimum atomic E-state index is -3.78. The summed E-state index contributed by atoms with van der Waals surface area (Å²) < 4.78 is 22.9. The van der Waals surface area contributed by atoms with Crippen molar-refractivity contribution in [2.24, 2.45) is 0 Å². The highest BCUT2D eigenvalue weighted by atomic mass is 79.9. The van der Waals surface area contributed by atoms with Gasteiger partial charge in [-0.25, -0.2) is 13.4 Å². The SMILES string of the molecule is O=S(=O)(Cl)c1c[nH]c2nc(Cl)c(Br)cc12. The van der Waals surface area contributed by atoms with Crippen LogP contribution >= 0.6 is 38.2 Å². The van der Waals surface area contributed by atoms with Gasteiger partial charge in [-0.15, -0.1) is 0 Å². The Labute approximate surface area is 103 Å². The van der Waals surface area contributed by atoms with E-state index in [0.717, 1.165) is 0 Å². The highest BCUT2D eigenvalue weighted by Crippen LogP contribution is 2.30. The molecule has 8 heteroatoms. The van der Waals surface area contributed by atoms with Crippen LogP contribution in [0.5, 0.6) is 0 Å². The van der Waals surface area contributed by atoms with Gasteiger partial charge < -0.3 is 4.98 Å². The van der Waals surface area contributed by atoms with Gasteiger partial charge in [-0.2, -0.15) is 0 Å². The monoisotopic (exact) mass is 328 g/mol. The molecule has 2 aromatic rings. The van der Waals surface area contributed by atoms with E-state index in [1.165, 1.54) is 6.20 Å². The van der Waals surface area contributed by atoms with Gasteiger partial charge in [0.25, 0.3) is 9.05 Å². The fourth-order valence-corrected chi connectivity index (χ4v) is 2.64. The van der Waals surface area contributed by atoms with Crippen LogP contribution in [-0.2, 0) is 9.05 Å². The second kappa shape index (κ2) is 3.62. The molecule has 0 fully saturated rings. The summed E-state index contributed by atoms with van der Waals surface area (Å²) in [6.07, 6.45) is 1.28. The first-order valence-corrected chi connectivity index (χ1v) is 7.15. The zero-order chi connectivity index (χ0) is 11.2. The molecule has 0 spiro atoms. The standard InChI is InChI=1S/C7H3BrCl2N2O2S/c8-4-1-3-5(15(10,13)14)2-11-7(3)12-6(4)9/h1-2H,(H,11,12). The number of nitrogens with zero attached hydrogens (tertiary/aromatic N) is 1. The Kier molecular flexibility index (Phi) is 2.70. The van der Waals surface area contributed by atoms with Crippen LogP contribution < -0.4 is 0 Å². The largest absolute Gasteiger partial charge is 0.345 e. The van der Waals surface area contributed by atoms with Crippen molar-refractivity contribution in [3.05, 3.63) is 21.9 Å². The zero-order valence-electron chi connectivity index (χ0n) is 6.96. The van der Waals surface area contributed by atoms with Gasteiger partial charge in [0.15, 0.2) is 0 Å². The first kappa shape index (κ1) is 11.2. The van der Waals surface area contributed by atoms with E-state index >= 15 is 0 Å². The molecule has 0 unspecified atom stereocenters. The zero-order valence-corrected chi connectivity index (χ0v) is 10.9. The Morgan fingerprint density at radius 3 is 2.73 bits per heavy atom. The van der Waals surface area contributed by atoms with Gasteiger partial charge in [0, 0.05) is 22.3 Å². The normalized spacial score (nSPS) is 12.2. The van der Waals surface area contributed by atoms with E-state index in [0.29, 0.717) is 15.5 Å². The number of aromatic amines is 1. The lowest BCUT2D eigenvalue weighted by molar-refractivity contribution is 0.610. The second-order valence-corrected chi connectivity index (χ2v) is 6.49. The summed E-state index contributed by atoms with van der Waals surface area (Å²) in [5.41, 5.74) is 0.377. The number of aromatic nitrogens is 2. The first-order valence-electron chi connectivity index (χ1n) is 3.67. The molecule has 15 heavy (non-hydrogen) atoms. The number of hydrogen-bond acceptors (Lipinski definition) is 3. The third-order valence-corrected chi connectivity index (χ3v) is 4.28. The smallest absolute Gasteiger partial charge is 0.263 e. The second-order valence-electron chi connectivity index (χ2n) is 2.75. The van der Waals surface area contributed by atoms with Gasteiger partial charge in [0.2, 0.25) is 0 Å². The lowest BCUT2D eigenvalue weighted by Crippen LogP contribution is -1.88. The molecule has 4 nitrogen and oxygen atoms in total. The van der Waals surface area contributed by atoms with Gasteiger partial charge in [0.1, 0.15) is 15.7 Å². The van der Waals surface area contributed by atoms with Crippen molar-refractivity contribution in [3.8, 4) is 0 Å². The summed E-state index contributed by atoms with van der Waals surface area (Å²) in [4.78, 5) is 6.62. The topological polar surface area (TPSA) is 62.8 Å². The van der Waals surface area contributed by atoms with Crippen molar-refractivity contribution in [1.29, 1.82) is 0 Å². The Morgan fingerprint density at radius 2 is 2.13 bits per heavy atom. The van der Waals surface area contributed by atoms with Crippen LogP contribution in [-0.4, -0.2) is 18.4 Å². The van der Waals surface area contributed by atoms with E-state index in [9.17, 15) is 8.42 Å². The summed E-state index contributed by atoms with van der Waals surface area (Å²) in [5, 5.41) is 0.657. The van der Waals surface area contributed by atoms with Gasteiger partial charge in [0.05, 0.1) is 4.47 Å². The van der Waals surface area contributed by atoms with Crippen molar-refractivity contribution in [3.63, 3.8) is 0 Å². The van der Waals surface area contributed by atoms with E-state index in [1.807, 2.05) is 0 Å². The number of fused-ring (bicyclic) bond motifs is 1. The molecular weight excluding hydrogens is 327 g/mol. The van der Waals surface area contributed by atoms with Crippen molar-refractivity contribution in [2.75, 3.05) is 0 Å². The molecule has 0 radical (unpaired) electrons. The summed E-state index contributed by atoms with van der Waals surface area (Å²) in [7, 11) is 1.47. The van der Waals surface area contributed by atoms with Crippen molar-refractivity contribution < 1.29 is 8.42 Å². The molecule has 2 heterocycles. The summed E-state index contributed by atoms with van der Waals surface area (Å²) in [5.74, 6) is 0. The fraction of sp³-hybridized carbons (Fsp3) is 0. The lowest BCUT2D eigenvalue weighted by atomic mass is 10.3. The van der Waals surface area contributed by atoms with Crippen molar-refractivity contribution in [1.82, 2.24) is 9.97 Å². The predicted octanol–water partition coefficient (Wildman–Crippen LogP) is 2.91. The number of nitrogens with one attached hydrogen (secondary N) is 1. The molecule has 0 saturated heterocycles. The molecule has 2 aromatic heterocycles. The minimum Gasteiger partial charge on any atom is -0.345 e. The number of hydrogen-bond donors (Lipinski definition) is 1. The molecule has 0 aliphatic carbocycles. The van der Waals surface area contributed by atoms with Crippen molar-refractivity contribution in [2.45, 2.75) is 4.90 Å². The molecule has 0 aliphatic rings. The third kappa shape index (κ3) is 1.99. The molecule has 0 aromatic carbocycles. The first-order chi connectivity index (χ1) is 6.89. The maximum absolute atomic E-state index is 11.2. The highest BCUT2D eigenvalue weighted by molar-refractivity contribution is 9.10. The number of pyridine rings is 1. The summed E-state index contributed by atoms with van der Waals surface area (Å²) in [6.45, 7) is 0. The van der Waals surface area contributed by atoms with Gasteiger partial charge >= 0.3 is 0 Å². The van der Waals surface area contributed by atoms with Gasteiger partial charge in [-0.05, 0) is 22.0 Å². The molecule has 0 saturated carbocycles. The van der Waals surface area contributed by atoms with Crippen LogP contribution in [0.3, 0.4) is 0 Å². The molecule has 0 bridgehead atoms. The summed E-state index contributed by atoms with van der Waals surface area (Å²) >= 11 is 8.91. The molecule has 0 atom stereocenters. The average Bonchev–Trinajstić information content (AvgIpc) is 2.47. The molecular formula is C7H3BrCl2N2O2S. The van der Waals surface area contributed by atoms with Gasteiger partial charge in [-0.3, -0.25) is 0 Å². The lowest BCUT2D eigenvalue weighted by Gasteiger charge is -1.96. The maximum atomic E-state index is 11.2. The maximum Gasteiger partial charge on any atom is 0.263 e. The van der Waals surface area contributed by atoms with E-state index in [-0.39, 0.29) is 10.0 Å². The molecule has 80 valence electrons. The number of H-pyrrole nitrogens is 1. The number of halogens is 3. The van der Waals surface area contributed by atoms with Gasteiger partial charge in [-0.1, -0.05) is 11.6 Å².